The predicted octanol–water partition coefficient (Wildman–Crippen LogP) is 3.63. The summed E-state index contributed by atoms with van der Waals surface area (Å²) in [6.45, 7) is 4.04. The van der Waals surface area contributed by atoms with E-state index in [4.69, 9.17) is 0 Å². The average Bonchev–Trinajstić information content (AvgIpc) is 3.05. The van der Waals surface area contributed by atoms with Crippen LogP contribution >= 0.6 is 0 Å². The lowest BCUT2D eigenvalue weighted by Crippen LogP contribution is -2.51. The molecule has 2 heterocycles. The van der Waals surface area contributed by atoms with Crippen LogP contribution in [-0.2, 0) is 6.54 Å². The first-order chi connectivity index (χ1) is 12.3. The minimum absolute atomic E-state index is 0.146. The van der Waals surface area contributed by atoms with Gasteiger partial charge in [0.25, 0.3) is 0 Å². The lowest BCUT2D eigenvalue weighted by molar-refractivity contribution is 0.141. The van der Waals surface area contributed by atoms with Crippen molar-refractivity contribution in [2.24, 2.45) is 5.92 Å². The van der Waals surface area contributed by atoms with Gasteiger partial charge in [0, 0.05) is 31.7 Å². The largest absolute Gasteiger partial charge is 0.335 e. The maximum Gasteiger partial charge on any atom is 0.317 e. The van der Waals surface area contributed by atoms with Gasteiger partial charge >= 0.3 is 6.03 Å². The maximum atomic E-state index is 13.0. The van der Waals surface area contributed by atoms with Gasteiger partial charge in [0.05, 0.1) is 0 Å². The van der Waals surface area contributed by atoms with Crippen LogP contribution in [0.25, 0.3) is 0 Å². The molecule has 0 unspecified atom stereocenters. The average molecular weight is 341 g/mol. The van der Waals surface area contributed by atoms with Crippen molar-refractivity contribution in [2.45, 2.75) is 63.6 Å². The van der Waals surface area contributed by atoms with Crippen LogP contribution in [0.1, 0.15) is 50.5 Å². The molecule has 1 N–H and O–H groups in total. The molecule has 0 bridgehead atoms. The van der Waals surface area contributed by atoms with Crippen LogP contribution in [0, 0.1) is 5.92 Å². The molecular formula is C21H31N3O. The quantitative estimate of drug-likeness (QED) is 0.888. The molecule has 136 valence electrons. The zero-order valence-electron chi connectivity index (χ0n) is 15.2. The fourth-order valence-electron chi connectivity index (χ4n) is 4.63. The van der Waals surface area contributed by atoms with E-state index in [0.29, 0.717) is 18.0 Å². The number of nitrogens with one attached hydrogen (secondary N) is 1. The molecule has 3 fully saturated rings. The van der Waals surface area contributed by atoms with Gasteiger partial charge in [0.2, 0.25) is 0 Å². The van der Waals surface area contributed by atoms with E-state index in [-0.39, 0.29) is 6.03 Å². The van der Waals surface area contributed by atoms with Gasteiger partial charge < -0.3 is 15.1 Å². The Morgan fingerprint density at radius 3 is 2.68 bits per heavy atom. The summed E-state index contributed by atoms with van der Waals surface area (Å²) in [6.07, 6.45) is 8.75. The Bertz CT molecular complexity index is 572. The first kappa shape index (κ1) is 16.9. The molecule has 0 radical (unpaired) electrons. The lowest BCUT2D eigenvalue weighted by atomic mass is 9.85. The highest BCUT2D eigenvalue weighted by Gasteiger charge is 2.33. The Morgan fingerprint density at radius 1 is 1.08 bits per heavy atom. The summed E-state index contributed by atoms with van der Waals surface area (Å²) in [5.41, 5.74) is 1.22. The van der Waals surface area contributed by atoms with Gasteiger partial charge in [0.1, 0.15) is 0 Å². The number of hydrogen-bond acceptors (Lipinski definition) is 2. The van der Waals surface area contributed by atoms with Crippen molar-refractivity contribution in [2.75, 3.05) is 19.6 Å². The number of carbonyl (C=O) groups is 1. The van der Waals surface area contributed by atoms with Crippen LogP contribution in [0.2, 0.25) is 0 Å². The zero-order valence-corrected chi connectivity index (χ0v) is 15.2. The molecule has 3 aliphatic rings. The minimum Gasteiger partial charge on any atom is -0.335 e. The Morgan fingerprint density at radius 2 is 1.92 bits per heavy atom. The van der Waals surface area contributed by atoms with E-state index >= 15 is 0 Å². The van der Waals surface area contributed by atoms with Gasteiger partial charge in [-0.2, -0.15) is 0 Å². The molecule has 1 saturated carbocycles. The monoisotopic (exact) mass is 341 g/mol. The van der Waals surface area contributed by atoms with Crippen LogP contribution in [-0.4, -0.2) is 47.5 Å². The van der Waals surface area contributed by atoms with Gasteiger partial charge in [-0.1, -0.05) is 36.8 Å². The van der Waals surface area contributed by atoms with Gasteiger partial charge in [-0.3, -0.25) is 0 Å². The molecule has 4 heteroatoms. The molecule has 0 aromatic heterocycles. The molecule has 1 aliphatic carbocycles. The van der Waals surface area contributed by atoms with Crippen molar-refractivity contribution < 1.29 is 4.79 Å². The number of hydrogen-bond donors (Lipinski definition) is 1. The van der Waals surface area contributed by atoms with E-state index in [1.165, 1.54) is 44.2 Å². The zero-order chi connectivity index (χ0) is 17.1. The number of fused-ring (bicyclic) bond motifs is 1. The molecule has 1 aromatic carbocycles. The Kier molecular flexibility index (Phi) is 5.25. The van der Waals surface area contributed by atoms with Gasteiger partial charge in [-0.05, 0) is 56.6 Å². The standard InChI is InChI=1S/C21H31N3O/c25-21(22-19-11-13-23-12-5-10-20(23)14-19)24(16-18-8-4-9-18)15-17-6-2-1-3-7-17/h1-3,6-7,18-20H,4-5,8-16H2,(H,22,25)/t19-,20-/m0/s1. The van der Waals surface area contributed by atoms with E-state index in [0.717, 1.165) is 32.5 Å². The second-order valence-electron chi connectivity index (χ2n) is 8.17. The molecular weight excluding hydrogens is 310 g/mol. The number of piperidine rings is 1. The minimum atomic E-state index is 0.146. The third kappa shape index (κ3) is 4.17. The molecule has 1 aromatic rings. The summed E-state index contributed by atoms with van der Waals surface area (Å²) in [7, 11) is 0. The summed E-state index contributed by atoms with van der Waals surface area (Å²) in [5, 5.41) is 3.37. The topological polar surface area (TPSA) is 35.6 Å². The molecule has 2 amide bonds. The van der Waals surface area contributed by atoms with E-state index in [1.54, 1.807) is 0 Å². The number of benzene rings is 1. The van der Waals surface area contributed by atoms with E-state index in [9.17, 15) is 4.79 Å². The SMILES string of the molecule is O=C(N[C@H]1CCN2CCC[C@H]2C1)N(Cc1ccccc1)CC1CCC1. The molecule has 2 atom stereocenters. The molecule has 25 heavy (non-hydrogen) atoms. The van der Waals surface area contributed by atoms with Crippen LogP contribution in [0.15, 0.2) is 30.3 Å². The molecule has 4 nitrogen and oxygen atoms in total. The fraction of sp³-hybridized carbons (Fsp3) is 0.667. The van der Waals surface area contributed by atoms with Crippen LogP contribution < -0.4 is 5.32 Å². The second-order valence-corrected chi connectivity index (χ2v) is 8.17. The molecule has 0 spiro atoms. The first-order valence-electron chi connectivity index (χ1n) is 10.1. The number of amides is 2. The van der Waals surface area contributed by atoms with Crippen molar-refractivity contribution in [1.82, 2.24) is 15.1 Å². The van der Waals surface area contributed by atoms with E-state index in [2.05, 4.69) is 39.4 Å². The van der Waals surface area contributed by atoms with Crippen molar-refractivity contribution in [3.8, 4) is 0 Å². The highest BCUT2D eigenvalue weighted by molar-refractivity contribution is 5.74. The highest BCUT2D eigenvalue weighted by Crippen LogP contribution is 2.29. The summed E-state index contributed by atoms with van der Waals surface area (Å²) in [6, 6.07) is 11.6. The molecule has 2 saturated heterocycles. The third-order valence-corrected chi connectivity index (χ3v) is 6.35. The normalized spacial score (nSPS) is 26.7. The highest BCUT2D eigenvalue weighted by atomic mass is 16.2. The smallest absolute Gasteiger partial charge is 0.317 e. The number of carbonyl (C=O) groups excluding carboxylic acids is 1. The summed E-state index contributed by atoms with van der Waals surface area (Å²) in [5.74, 6) is 0.700. The van der Waals surface area contributed by atoms with Crippen molar-refractivity contribution >= 4 is 6.03 Å². The Balaban J connectivity index is 1.36. The predicted molar refractivity (Wildman–Crippen MR) is 100 cm³/mol. The summed E-state index contributed by atoms with van der Waals surface area (Å²) < 4.78 is 0. The second kappa shape index (κ2) is 7.77. The molecule has 4 rings (SSSR count). The number of rotatable bonds is 5. The van der Waals surface area contributed by atoms with Crippen molar-refractivity contribution in [1.29, 1.82) is 0 Å². The van der Waals surface area contributed by atoms with E-state index < -0.39 is 0 Å². The maximum absolute atomic E-state index is 13.0. The summed E-state index contributed by atoms with van der Waals surface area (Å²) >= 11 is 0. The van der Waals surface area contributed by atoms with Crippen LogP contribution in [0.3, 0.4) is 0 Å². The van der Waals surface area contributed by atoms with Crippen LogP contribution in [0.5, 0.6) is 0 Å². The molecule has 2 aliphatic heterocycles. The number of nitrogens with zero attached hydrogens (tertiary/aromatic N) is 2. The van der Waals surface area contributed by atoms with Gasteiger partial charge in [-0.15, -0.1) is 0 Å². The van der Waals surface area contributed by atoms with E-state index in [1.807, 2.05) is 6.07 Å². The van der Waals surface area contributed by atoms with Crippen molar-refractivity contribution in [3.63, 3.8) is 0 Å². The van der Waals surface area contributed by atoms with Gasteiger partial charge in [-0.25, -0.2) is 4.79 Å². The summed E-state index contributed by atoms with van der Waals surface area (Å²) in [4.78, 5) is 17.7. The Hall–Kier alpha value is -1.55. The first-order valence-corrected chi connectivity index (χ1v) is 10.1. The number of urea groups is 1. The lowest BCUT2D eigenvalue weighted by Gasteiger charge is -2.37. The third-order valence-electron chi connectivity index (χ3n) is 6.35. The Labute approximate surface area is 151 Å². The van der Waals surface area contributed by atoms with Crippen LogP contribution in [0.4, 0.5) is 4.79 Å². The van der Waals surface area contributed by atoms with Crippen molar-refractivity contribution in [3.05, 3.63) is 35.9 Å². The fourth-order valence-corrected chi connectivity index (χ4v) is 4.63. The van der Waals surface area contributed by atoms with Gasteiger partial charge in [0.15, 0.2) is 0 Å².